The normalized spacial score (nSPS) is 11.3. The minimum Gasteiger partial charge on any atom is -0.375 e. The predicted molar refractivity (Wildman–Crippen MR) is 124 cm³/mol. The Morgan fingerprint density at radius 3 is 2.55 bits per heavy atom. The molecule has 158 valence electrons. The van der Waals surface area contributed by atoms with Crippen molar-refractivity contribution in [1.82, 2.24) is 5.32 Å². The number of halogens is 1. The first-order chi connectivity index (χ1) is 13.8. The van der Waals surface area contributed by atoms with E-state index in [1.54, 1.807) is 0 Å². The van der Waals surface area contributed by atoms with Gasteiger partial charge in [-0.25, -0.2) is 8.42 Å². The molecule has 0 saturated carbocycles. The van der Waals surface area contributed by atoms with E-state index in [1.165, 1.54) is 10.6 Å². The number of benzene rings is 2. The molecule has 0 spiro atoms. The van der Waals surface area contributed by atoms with Crippen LogP contribution in [0, 0.1) is 10.5 Å². The maximum Gasteiger partial charge on any atom is 0.232 e. The van der Waals surface area contributed by atoms with Gasteiger partial charge in [0.25, 0.3) is 0 Å². The summed E-state index contributed by atoms with van der Waals surface area (Å²) in [5.41, 5.74) is 2.63. The summed E-state index contributed by atoms with van der Waals surface area (Å²) in [6.07, 6.45) is 1.89. The summed E-state index contributed by atoms with van der Waals surface area (Å²) in [6, 6.07) is 15.5. The summed E-state index contributed by atoms with van der Waals surface area (Å²) in [5.74, 6) is -0.110. The molecule has 2 aromatic rings. The third-order valence-electron chi connectivity index (χ3n) is 4.27. The van der Waals surface area contributed by atoms with E-state index in [0.29, 0.717) is 31.9 Å². The number of aryl methyl sites for hydroxylation is 1. The van der Waals surface area contributed by atoms with Crippen LogP contribution in [0.4, 0.5) is 5.69 Å². The molecule has 1 amide bonds. The number of nitrogens with one attached hydrogen (secondary N) is 1. The third kappa shape index (κ3) is 8.31. The van der Waals surface area contributed by atoms with Crippen LogP contribution in [0.3, 0.4) is 0 Å². The van der Waals surface area contributed by atoms with E-state index in [4.69, 9.17) is 4.74 Å². The van der Waals surface area contributed by atoms with Crippen molar-refractivity contribution in [3.8, 4) is 0 Å². The largest absolute Gasteiger partial charge is 0.375 e. The number of carbonyl (C=O) groups excluding carboxylic acids is 1. The van der Waals surface area contributed by atoms with Crippen molar-refractivity contribution in [2.75, 3.05) is 30.3 Å². The number of amides is 1. The molecule has 0 fully saturated rings. The fraction of sp³-hybridized carbons (Fsp3) is 0.381. The highest BCUT2D eigenvalue weighted by molar-refractivity contribution is 14.1. The number of hydrogen-bond donors (Lipinski definition) is 1. The minimum absolute atomic E-state index is 0.110. The first kappa shape index (κ1) is 23.6. The fourth-order valence-electron chi connectivity index (χ4n) is 2.86. The summed E-state index contributed by atoms with van der Waals surface area (Å²) in [6.45, 7) is 3.51. The number of nitrogens with zero attached hydrogens (tertiary/aromatic N) is 1. The second kappa shape index (κ2) is 11.5. The Bertz CT molecular complexity index is 904. The summed E-state index contributed by atoms with van der Waals surface area (Å²) in [7, 11) is -3.42. The third-order valence-corrected chi connectivity index (χ3v) is 6.12. The van der Waals surface area contributed by atoms with Gasteiger partial charge in [0.05, 0.1) is 25.2 Å². The van der Waals surface area contributed by atoms with Crippen molar-refractivity contribution in [3.63, 3.8) is 0 Å². The Balaban J connectivity index is 1.74. The second-order valence-corrected chi connectivity index (χ2v) is 9.91. The highest BCUT2D eigenvalue weighted by Crippen LogP contribution is 2.24. The summed E-state index contributed by atoms with van der Waals surface area (Å²) >= 11 is 2.19. The molecule has 0 unspecified atom stereocenters. The van der Waals surface area contributed by atoms with E-state index in [-0.39, 0.29) is 18.9 Å². The molecular formula is C21H27IN2O4S. The molecule has 0 heterocycles. The van der Waals surface area contributed by atoms with E-state index in [9.17, 15) is 13.2 Å². The molecule has 0 aliphatic heterocycles. The lowest BCUT2D eigenvalue weighted by atomic mass is 10.2. The van der Waals surface area contributed by atoms with E-state index in [1.807, 2.05) is 55.5 Å². The summed E-state index contributed by atoms with van der Waals surface area (Å²) < 4.78 is 32.4. The van der Waals surface area contributed by atoms with E-state index < -0.39 is 10.0 Å². The van der Waals surface area contributed by atoms with Crippen LogP contribution in [-0.2, 0) is 26.2 Å². The van der Waals surface area contributed by atoms with Crippen LogP contribution in [0.1, 0.15) is 24.0 Å². The first-order valence-electron chi connectivity index (χ1n) is 9.39. The number of rotatable bonds is 11. The molecule has 0 radical (unpaired) electrons. The van der Waals surface area contributed by atoms with Crippen molar-refractivity contribution >= 4 is 44.2 Å². The topological polar surface area (TPSA) is 75.7 Å². The van der Waals surface area contributed by atoms with Crippen LogP contribution in [0.15, 0.2) is 48.5 Å². The van der Waals surface area contributed by atoms with Crippen molar-refractivity contribution in [1.29, 1.82) is 0 Å². The smallest absolute Gasteiger partial charge is 0.232 e. The molecule has 0 aromatic heterocycles. The zero-order valence-corrected chi connectivity index (χ0v) is 19.7. The van der Waals surface area contributed by atoms with Crippen LogP contribution in [0.25, 0.3) is 0 Å². The van der Waals surface area contributed by atoms with Gasteiger partial charge in [-0.05, 0) is 65.3 Å². The molecule has 8 heteroatoms. The second-order valence-electron chi connectivity index (χ2n) is 6.76. The van der Waals surface area contributed by atoms with Gasteiger partial charge >= 0.3 is 0 Å². The van der Waals surface area contributed by atoms with Crippen molar-refractivity contribution < 1.29 is 17.9 Å². The molecule has 0 atom stereocenters. The maximum atomic E-state index is 12.2. The molecule has 0 aliphatic carbocycles. The van der Waals surface area contributed by atoms with E-state index >= 15 is 0 Å². The molecular weight excluding hydrogens is 503 g/mol. The average molecular weight is 530 g/mol. The standard InChI is InChI=1S/C21H27IN2O4S/c1-17-15-19(22)10-11-20(17)24(29(2,26)27)13-6-9-21(25)23-12-14-28-16-18-7-4-3-5-8-18/h3-5,7-8,10-11,15H,6,9,12-14,16H2,1-2H3,(H,23,25). The van der Waals surface area contributed by atoms with Crippen LogP contribution < -0.4 is 9.62 Å². The van der Waals surface area contributed by atoms with Crippen molar-refractivity contribution in [2.24, 2.45) is 0 Å². The average Bonchev–Trinajstić information content (AvgIpc) is 2.66. The van der Waals surface area contributed by atoms with E-state index in [2.05, 4.69) is 27.9 Å². The minimum atomic E-state index is -3.42. The molecule has 1 N–H and O–H groups in total. The van der Waals surface area contributed by atoms with Gasteiger partial charge in [-0.2, -0.15) is 0 Å². The molecule has 2 rings (SSSR count). The quantitative estimate of drug-likeness (QED) is 0.357. The van der Waals surface area contributed by atoms with Gasteiger partial charge in [-0.3, -0.25) is 9.10 Å². The predicted octanol–water partition coefficient (Wildman–Crippen LogP) is 3.48. The van der Waals surface area contributed by atoms with Gasteiger partial charge in [-0.1, -0.05) is 30.3 Å². The van der Waals surface area contributed by atoms with Gasteiger partial charge in [0.1, 0.15) is 0 Å². The lowest BCUT2D eigenvalue weighted by Gasteiger charge is -2.24. The molecule has 0 aliphatic rings. The SMILES string of the molecule is Cc1cc(I)ccc1N(CCCC(=O)NCCOCc1ccccc1)S(C)(=O)=O. The molecule has 6 nitrogen and oxygen atoms in total. The lowest BCUT2D eigenvalue weighted by molar-refractivity contribution is -0.121. The summed E-state index contributed by atoms with van der Waals surface area (Å²) in [5, 5.41) is 2.81. The van der Waals surface area contributed by atoms with Crippen molar-refractivity contribution in [3.05, 3.63) is 63.2 Å². The van der Waals surface area contributed by atoms with Gasteiger partial charge in [-0.15, -0.1) is 0 Å². The highest BCUT2D eigenvalue weighted by atomic mass is 127. The zero-order chi connectivity index (χ0) is 21.3. The Morgan fingerprint density at radius 1 is 1.17 bits per heavy atom. The monoisotopic (exact) mass is 530 g/mol. The van der Waals surface area contributed by atoms with Gasteiger partial charge < -0.3 is 10.1 Å². The Labute approximate surface area is 186 Å². The number of hydrogen-bond acceptors (Lipinski definition) is 4. The fourth-order valence-corrected chi connectivity index (χ4v) is 4.53. The maximum absolute atomic E-state index is 12.2. The van der Waals surface area contributed by atoms with Crippen LogP contribution in [-0.4, -0.2) is 40.3 Å². The Kier molecular flexibility index (Phi) is 9.38. The molecule has 2 aromatic carbocycles. The molecule has 0 bridgehead atoms. The van der Waals surface area contributed by atoms with Crippen molar-refractivity contribution in [2.45, 2.75) is 26.4 Å². The molecule has 29 heavy (non-hydrogen) atoms. The number of ether oxygens (including phenoxy) is 1. The molecule has 0 saturated heterocycles. The van der Waals surface area contributed by atoms with Gasteiger partial charge in [0.15, 0.2) is 0 Å². The number of anilines is 1. The number of carbonyl (C=O) groups is 1. The Morgan fingerprint density at radius 2 is 1.90 bits per heavy atom. The number of sulfonamides is 1. The van der Waals surface area contributed by atoms with Crippen LogP contribution in [0.5, 0.6) is 0 Å². The Hall–Kier alpha value is -1.65. The van der Waals surface area contributed by atoms with Crippen LogP contribution in [0.2, 0.25) is 0 Å². The van der Waals surface area contributed by atoms with Crippen LogP contribution >= 0.6 is 22.6 Å². The first-order valence-corrected chi connectivity index (χ1v) is 12.3. The van der Waals surface area contributed by atoms with Gasteiger partial charge in [0, 0.05) is 23.1 Å². The lowest BCUT2D eigenvalue weighted by Crippen LogP contribution is -2.33. The zero-order valence-electron chi connectivity index (χ0n) is 16.7. The van der Waals surface area contributed by atoms with E-state index in [0.717, 1.165) is 14.7 Å². The summed E-state index contributed by atoms with van der Waals surface area (Å²) in [4.78, 5) is 12.0. The van der Waals surface area contributed by atoms with Gasteiger partial charge in [0.2, 0.25) is 15.9 Å². The highest BCUT2D eigenvalue weighted by Gasteiger charge is 2.19.